The molecule has 4 heteroatoms. The van der Waals surface area contributed by atoms with E-state index < -0.39 is 0 Å². The zero-order valence-electron chi connectivity index (χ0n) is 10.5. The summed E-state index contributed by atoms with van der Waals surface area (Å²) in [6.45, 7) is 0.875. The largest absolute Gasteiger partial charge is 0.304 e. The highest BCUT2D eigenvalue weighted by Crippen LogP contribution is 2.35. The molecule has 1 unspecified atom stereocenters. The van der Waals surface area contributed by atoms with Gasteiger partial charge in [0.2, 0.25) is 0 Å². The molecule has 0 saturated heterocycles. The van der Waals surface area contributed by atoms with Gasteiger partial charge in [0.25, 0.3) is 0 Å². The number of hydrogen-bond acceptors (Lipinski definition) is 3. The first-order chi connectivity index (χ1) is 8.84. The molecule has 1 aliphatic heterocycles. The van der Waals surface area contributed by atoms with Gasteiger partial charge in [-0.3, -0.25) is 4.68 Å². The number of thioether (sulfide) groups is 1. The van der Waals surface area contributed by atoms with Crippen molar-refractivity contribution >= 4 is 11.8 Å². The van der Waals surface area contributed by atoms with E-state index in [1.807, 2.05) is 29.7 Å². The van der Waals surface area contributed by atoms with E-state index in [9.17, 15) is 0 Å². The van der Waals surface area contributed by atoms with E-state index in [0.29, 0.717) is 6.04 Å². The van der Waals surface area contributed by atoms with Gasteiger partial charge in [0.15, 0.2) is 0 Å². The van der Waals surface area contributed by atoms with Crippen molar-refractivity contribution in [1.29, 1.82) is 0 Å². The quantitative estimate of drug-likeness (QED) is 0.919. The maximum atomic E-state index is 4.20. The second-order valence-corrected chi connectivity index (χ2v) is 5.69. The SMILES string of the molecule is Cn1nccc1CNC1CCSc2ccccc21. The number of nitrogens with one attached hydrogen (secondary N) is 1. The smallest absolute Gasteiger partial charge is 0.0518 e. The minimum Gasteiger partial charge on any atom is -0.304 e. The van der Waals surface area contributed by atoms with E-state index in [0.717, 1.165) is 6.54 Å². The lowest BCUT2D eigenvalue weighted by atomic mass is 10.0. The third kappa shape index (κ3) is 2.31. The fourth-order valence-corrected chi connectivity index (χ4v) is 3.48. The van der Waals surface area contributed by atoms with Crippen LogP contribution >= 0.6 is 11.8 Å². The van der Waals surface area contributed by atoms with Crippen LogP contribution in [-0.4, -0.2) is 15.5 Å². The molecule has 2 aromatic rings. The van der Waals surface area contributed by atoms with Crippen LogP contribution in [0.4, 0.5) is 0 Å². The fourth-order valence-electron chi connectivity index (χ4n) is 2.36. The monoisotopic (exact) mass is 259 g/mol. The van der Waals surface area contributed by atoms with Crippen molar-refractivity contribution < 1.29 is 0 Å². The summed E-state index contributed by atoms with van der Waals surface area (Å²) < 4.78 is 1.93. The Morgan fingerprint density at radius 1 is 1.39 bits per heavy atom. The minimum atomic E-state index is 0.470. The van der Waals surface area contributed by atoms with Gasteiger partial charge in [0.05, 0.1) is 5.69 Å². The highest BCUT2D eigenvalue weighted by atomic mass is 32.2. The van der Waals surface area contributed by atoms with Gasteiger partial charge in [-0.1, -0.05) is 18.2 Å². The second kappa shape index (κ2) is 5.16. The summed E-state index contributed by atoms with van der Waals surface area (Å²) in [5, 5.41) is 7.84. The van der Waals surface area contributed by atoms with Crippen LogP contribution in [0.15, 0.2) is 41.4 Å². The first-order valence-corrected chi connectivity index (χ1v) is 7.25. The van der Waals surface area contributed by atoms with Gasteiger partial charge in [-0.25, -0.2) is 0 Å². The van der Waals surface area contributed by atoms with Gasteiger partial charge in [0, 0.05) is 30.7 Å². The number of hydrogen-bond donors (Lipinski definition) is 1. The first-order valence-electron chi connectivity index (χ1n) is 6.26. The molecule has 0 saturated carbocycles. The van der Waals surface area contributed by atoms with Gasteiger partial charge in [-0.05, 0) is 29.9 Å². The van der Waals surface area contributed by atoms with E-state index in [-0.39, 0.29) is 0 Å². The van der Waals surface area contributed by atoms with Crippen LogP contribution < -0.4 is 5.32 Å². The van der Waals surface area contributed by atoms with E-state index in [1.165, 1.54) is 28.3 Å². The normalized spacial score (nSPS) is 18.6. The number of aryl methyl sites for hydroxylation is 1. The lowest BCUT2D eigenvalue weighted by Gasteiger charge is -2.26. The van der Waals surface area contributed by atoms with Gasteiger partial charge in [-0.2, -0.15) is 5.10 Å². The van der Waals surface area contributed by atoms with Crippen LogP contribution in [-0.2, 0) is 13.6 Å². The molecule has 0 spiro atoms. The summed E-state index contributed by atoms with van der Waals surface area (Å²) in [6, 6.07) is 11.2. The summed E-state index contributed by atoms with van der Waals surface area (Å²) in [5.41, 5.74) is 2.67. The summed E-state index contributed by atoms with van der Waals surface area (Å²) >= 11 is 1.96. The third-order valence-electron chi connectivity index (χ3n) is 3.41. The molecule has 1 aromatic heterocycles. The highest BCUT2D eigenvalue weighted by molar-refractivity contribution is 7.99. The summed E-state index contributed by atoms with van der Waals surface area (Å²) in [4.78, 5) is 1.42. The van der Waals surface area contributed by atoms with Crippen molar-refractivity contribution in [2.24, 2.45) is 7.05 Å². The Morgan fingerprint density at radius 2 is 2.28 bits per heavy atom. The van der Waals surface area contributed by atoms with Gasteiger partial charge in [-0.15, -0.1) is 11.8 Å². The molecule has 0 amide bonds. The molecule has 1 aromatic carbocycles. The summed E-state index contributed by atoms with van der Waals surface area (Å²) in [7, 11) is 1.99. The number of fused-ring (bicyclic) bond motifs is 1. The Labute approximate surface area is 112 Å². The molecular formula is C14H17N3S. The van der Waals surface area contributed by atoms with E-state index in [1.54, 1.807) is 0 Å². The molecule has 1 aliphatic rings. The van der Waals surface area contributed by atoms with Crippen LogP contribution in [0.1, 0.15) is 23.7 Å². The predicted octanol–water partition coefficient (Wildman–Crippen LogP) is 2.75. The molecule has 3 nitrogen and oxygen atoms in total. The maximum absolute atomic E-state index is 4.20. The average Bonchev–Trinajstić information content (AvgIpc) is 2.82. The molecule has 0 bridgehead atoms. The molecule has 1 N–H and O–H groups in total. The summed E-state index contributed by atoms with van der Waals surface area (Å²) in [5.74, 6) is 1.19. The first kappa shape index (κ1) is 11.8. The topological polar surface area (TPSA) is 29.9 Å². The average molecular weight is 259 g/mol. The Morgan fingerprint density at radius 3 is 3.11 bits per heavy atom. The van der Waals surface area contributed by atoms with E-state index in [2.05, 4.69) is 40.7 Å². The molecular weight excluding hydrogens is 242 g/mol. The van der Waals surface area contributed by atoms with Crippen LogP contribution in [0.5, 0.6) is 0 Å². The molecule has 2 heterocycles. The standard InChI is InChI=1S/C14H17N3S/c1-17-11(6-8-16-17)10-15-13-7-9-18-14-5-3-2-4-12(13)14/h2-6,8,13,15H,7,9-10H2,1H3. The molecule has 3 rings (SSSR count). The zero-order valence-corrected chi connectivity index (χ0v) is 11.3. The van der Waals surface area contributed by atoms with Gasteiger partial charge < -0.3 is 5.32 Å². The van der Waals surface area contributed by atoms with Gasteiger partial charge >= 0.3 is 0 Å². The van der Waals surface area contributed by atoms with Crippen LogP contribution in [0.3, 0.4) is 0 Å². The van der Waals surface area contributed by atoms with Crippen molar-refractivity contribution in [3.05, 3.63) is 47.8 Å². The Balaban J connectivity index is 1.73. The van der Waals surface area contributed by atoms with Crippen LogP contribution in [0, 0.1) is 0 Å². The Hall–Kier alpha value is -1.26. The fraction of sp³-hybridized carbons (Fsp3) is 0.357. The van der Waals surface area contributed by atoms with Crippen LogP contribution in [0.25, 0.3) is 0 Å². The minimum absolute atomic E-state index is 0.470. The molecule has 0 radical (unpaired) electrons. The van der Waals surface area contributed by atoms with Crippen LogP contribution in [0.2, 0.25) is 0 Å². The summed E-state index contributed by atoms with van der Waals surface area (Å²) in [6.07, 6.45) is 3.04. The number of nitrogens with zero attached hydrogens (tertiary/aromatic N) is 2. The van der Waals surface area contributed by atoms with Gasteiger partial charge in [0.1, 0.15) is 0 Å². The predicted molar refractivity (Wildman–Crippen MR) is 74.6 cm³/mol. The lowest BCUT2D eigenvalue weighted by molar-refractivity contribution is 0.495. The van der Waals surface area contributed by atoms with Crippen molar-refractivity contribution in [3.63, 3.8) is 0 Å². The second-order valence-electron chi connectivity index (χ2n) is 4.55. The zero-order chi connectivity index (χ0) is 12.4. The Bertz CT molecular complexity index is 535. The number of benzene rings is 1. The molecule has 0 fully saturated rings. The molecule has 0 aliphatic carbocycles. The molecule has 18 heavy (non-hydrogen) atoms. The third-order valence-corrected chi connectivity index (χ3v) is 4.53. The van der Waals surface area contributed by atoms with Crippen molar-refractivity contribution in [2.75, 3.05) is 5.75 Å². The van der Waals surface area contributed by atoms with Crippen molar-refractivity contribution in [2.45, 2.75) is 23.9 Å². The van der Waals surface area contributed by atoms with E-state index >= 15 is 0 Å². The van der Waals surface area contributed by atoms with Crippen molar-refractivity contribution in [3.8, 4) is 0 Å². The lowest BCUT2D eigenvalue weighted by Crippen LogP contribution is -2.25. The molecule has 94 valence electrons. The maximum Gasteiger partial charge on any atom is 0.0518 e. The number of aromatic nitrogens is 2. The molecule has 1 atom stereocenters. The Kier molecular flexibility index (Phi) is 3.39. The van der Waals surface area contributed by atoms with E-state index in [4.69, 9.17) is 0 Å². The van der Waals surface area contributed by atoms with Crippen molar-refractivity contribution in [1.82, 2.24) is 15.1 Å². The highest BCUT2D eigenvalue weighted by Gasteiger charge is 2.19. The number of rotatable bonds is 3.